The van der Waals surface area contributed by atoms with E-state index in [9.17, 15) is 21.6 Å². The molecule has 1 atom stereocenters. The fourth-order valence-corrected chi connectivity index (χ4v) is 2.21. The van der Waals surface area contributed by atoms with E-state index in [1.165, 1.54) is 0 Å². The minimum absolute atomic E-state index is 1.24. The predicted octanol–water partition coefficient (Wildman–Crippen LogP) is 0.598. The van der Waals surface area contributed by atoms with Gasteiger partial charge in [-0.3, -0.25) is 0 Å². The molecule has 8 heteroatoms. The van der Waals surface area contributed by atoms with Gasteiger partial charge in [-0.15, -0.1) is 0 Å². The second-order valence-corrected chi connectivity index (χ2v) is 7.93. The van der Waals surface area contributed by atoms with Gasteiger partial charge in [0.25, 0.3) is 0 Å². The van der Waals surface area contributed by atoms with Crippen LogP contribution >= 0.6 is 6.03 Å². The molecule has 54 valence electrons. The van der Waals surface area contributed by atoms with Crippen LogP contribution in [0.5, 0.6) is 0 Å². The van der Waals surface area contributed by atoms with Gasteiger partial charge in [0.1, 0.15) is 0 Å². The SMILES string of the molecule is O=S(=O)([PH+]=[Se])C(F)(F)F. The van der Waals surface area contributed by atoms with Crippen LogP contribution in [-0.2, 0) is 9.46 Å². The van der Waals surface area contributed by atoms with Crippen LogP contribution in [-0.4, -0.2) is 29.0 Å². The van der Waals surface area contributed by atoms with Crippen LogP contribution in [0, 0.1) is 0 Å². The van der Waals surface area contributed by atoms with Crippen molar-refractivity contribution in [3.8, 4) is 0 Å². The molecule has 0 aliphatic carbocycles. The molecule has 0 aliphatic heterocycles. The summed E-state index contributed by atoms with van der Waals surface area (Å²) in [5.74, 6) is 0. The monoisotopic (exact) mass is 245 g/mol. The van der Waals surface area contributed by atoms with E-state index >= 15 is 0 Å². The van der Waals surface area contributed by atoms with Crippen molar-refractivity contribution in [1.82, 2.24) is 0 Å². The van der Waals surface area contributed by atoms with Crippen molar-refractivity contribution in [2.45, 2.75) is 5.51 Å². The van der Waals surface area contributed by atoms with Gasteiger partial charge in [-0.05, 0) is 0 Å². The fraction of sp³-hybridized carbons (Fsp3) is 1.00. The first-order valence-corrected chi connectivity index (χ1v) is 7.20. The van der Waals surface area contributed by atoms with E-state index < -0.39 is 21.0 Å². The van der Waals surface area contributed by atoms with Crippen molar-refractivity contribution in [2.24, 2.45) is 0 Å². The summed E-state index contributed by atoms with van der Waals surface area (Å²) in [6, 6.07) is -1.24. The third-order valence-electron chi connectivity index (χ3n) is 0.414. The molecular weight excluding hydrogens is 243 g/mol. The van der Waals surface area contributed by atoms with Crippen molar-refractivity contribution >= 4 is 30.6 Å². The van der Waals surface area contributed by atoms with E-state index in [1.54, 1.807) is 0 Å². The Hall–Kier alpha value is 0.559. The van der Waals surface area contributed by atoms with Crippen molar-refractivity contribution in [1.29, 1.82) is 0 Å². The van der Waals surface area contributed by atoms with Crippen molar-refractivity contribution < 1.29 is 21.6 Å². The Balaban J connectivity index is 4.79. The Morgan fingerprint density at radius 1 is 1.33 bits per heavy atom. The molecule has 0 bridgehead atoms. The van der Waals surface area contributed by atoms with Crippen molar-refractivity contribution in [3.63, 3.8) is 0 Å². The summed E-state index contributed by atoms with van der Waals surface area (Å²) in [5, 5.41) is 0. The van der Waals surface area contributed by atoms with Crippen molar-refractivity contribution in [2.75, 3.05) is 0 Å². The molecule has 9 heavy (non-hydrogen) atoms. The van der Waals surface area contributed by atoms with Crippen LogP contribution in [0.4, 0.5) is 13.2 Å². The molecular formula is CHF3O2PSSe+. The average molecular weight is 244 g/mol. The topological polar surface area (TPSA) is 34.1 Å². The molecule has 2 nitrogen and oxygen atoms in total. The third-order valence-corrected chi connectivity index (χ3v) is 6.74. The first kappa shape index (κ1) is 9.56. The maximum atomic E-state index is 11.2. The molecule has 0 spiro atoms. The zero-order chi connectivity index (χ0) is 7.71. The van der Waals surface area contributed by atoms with Gasteiger partial charge in [-0.25, -0.2) is 0 Å². The van der Waals surface area contributed by atoms with E-state index in [4.69, 9.17) is 0 Å². The number of alkyl halides is 3. The van der Waals surface area contributed by atoms with Crippen LogP contribution in [0.2, 0.25) is 0 Å². The van der Waals surface area contributed by atoms with E-state index in [-0.39, 0.29) is 0 Å². The predicted molar refractivity (Wildman–Crippen MR) is 29.0 cm³/mol. The Morgan fingerprint density at radius 3 is 1.67 bits per heavy atom. The zero-order valence-corrected chi connectivity index (χ0v) is 7.30. The zero-order valence-electron chi connectivity index (χ0n) is 3.77. The summed E-state index contributed by atoms with van der Waals surface area (Å²) in [4.78, 5) is 0. The van der Waals surface area contributed by atoms with Gasteiger partial charge in [0, 0.05) is 0 Å². The molecule has 0 heterocycles. The van der Waals surface area contributed by atoms with Crippen LogP contribution in [0.1, 0.15) is 0 Å². The number of halogens is 3. The van der Waals surface area contributed by atoms with Crippen LogP contribution in [0.3, 0.4) is 0 Å². The summed E-state index contributed by atoms with van der Waals surface area (Å²) >= 11 is 1.81. The molecule has 0 saturated carbocycles. The molecule has 0 amide bonds. The third kappa shape index (κ3) is 2.33. The summed E-state index contributed by atoms with van der Waals surface area (Å²) in [6.07, 6.45) is 0. The first-order chi connectivity index (χ1) is 3.81. The quantitative estimate of drug-likeness (QED) is 0.500. The summed E-state index contributed by atoms with van der Waals surface area (Å²) in [7, 11) is -4.86. The minimum atomic E-state index is -5.10. The molecule has 0 N–H and O–H groups in total. The van der Waals surface area contributed by atoms with Gasteiger partial charge in [-0.1, -0.05) is 0 Å². The van der Waals surface area contributed by atoms with E-state index in [0.717, 1.165) is 0 Å². The molecule has 0 rings (SSSR count). The first-order valence-electron chi connectivity index (χ1n) is 1.51. The number of rotatable bonds is 1. The number of hydrogen-bond donors (Lipinski definition) is 0. The summed E-state index contributed by atoms with van der Waals surface area (Å²) < 4.78 is 53.5. The Bertz CT molecular complexity index is 204. The second-order valence-electron chi connectivity index (χ2n) is 1.03. The molecule has 0 aromatic carbocycles. The van der Waals surface area contributed by atoms with E-state index in [1.807, 2.05) is 15.1 Å². The van der Waals surface area contributed by atoms with Crippen LogP contribution < -0.4 is 0 Å². The Kier molecular flexibility index (Phi) is 2.83. The Morgan fingerprint density at radius 2 is 1.67 bits per heavy atom. The molecule has 0 aromatic rings. The molecule has 1 unspecified atom stereocenters. The van der Waals surface area contributed by atoms with E-state index in [2.05, 4.69) is 0 Å². The van der Waals surface area contributed by atoms with Crippen LogP contribution in [0.25, 0.3) is 0 Å². The molecule has 0 aromatic heterocycles. The molecule has 0 radical (unpaired) electrons. The normalized spacial score (nSPS) is 14.1. The fourth-order valence-electron chi connectivity index (χ4n) is 0.0472. The van der Waals surface area contributed by atoms with Gasteiger partial charge in [0.15, 0.2) is 0 Å². The van der Waals surface area contributed by atoms with Gasteiger partial charge in [0.2, 0.25) is 0 Å². The Labute approximate surface area is 58.2 Å². The van der Waals surface area contributed by atoms with Gasteiger partial charge < -0.3 is 0 Å². The maximum absolute atomic E-state index is 11.2. The van der Waals surface area contributed by atoms with Gasteiger partial charge >= 0.3 is 57.7 Å². The van der Waals surface area contributed by atoms with Crippen molar-refractivity contribution in [3.05, 3.63) is 0 Å². The molecule has 0 fully saturated rings. The standard InChI is InChI=1S/CF3O2PSSe/c2-1(3,4)8(5,6)7-9/p+1. The van der Waals surface area contributed by atoms with Gasteiger partial charge in [-0.2, -0.15) is 0 Å². The summed E-state index contributed by atoms with van der Waals surface area (Å²) in [6.45, 7) is 0. The second kappa shape index (κ2) is 2.66. The van der Waals surface area contributed by atoms with Crippen LogP contribution in [0.15, 0.2) is 0 Å². The van der Waals surface area contributed by atoms with Gasteiger partial charge in [0.05, 0.1) is 0 Å². The van der Waals surface area contributed by atoms with E-state index in [0.29, 0.717) is 0 Å². The molecule has 0 saturated heterocycles. The summed E-state index contributed by atoms with van der Waals surface area (Å²) in [5.41, 5.74) is -5.10. The molecule has 0 aliphatic rings. The number of hydrogen-bond acceptors (Lipinski definition) is 2. The average Bonchev–Trinajstić information content (AvgIpc) is 1.64.